The summed E-state index contributed by atoms with van der Waals surface area (Å²) in [4.78, 5) is 0. The summed E-state index contributed by atoms with van der Waals surface area (Å²) >= 11 is 0. The molecular weight excluding hydrogens is 539 g/mol. The van der Waals surface area contributed by atoms with Crippen molar-refractivity contribution in [1.82, 2.24) is 0 Å². The van der Waals surface area contributed by atoms with Gasteiger partial charge in [-0.2, -0.15) is 0 Å². The van der Waals surface area contributed by atoms with Gasteiger partial charge in [0.2, 0.25) is 0 Å². The highest BCUT2D eigenvalue weighted by molar-refractivity contribution is 7.87. The van der Waals surface area contributed by atoms with E-state index in [1.54, 1.807) is 5.31 Å². The van der Waals surface area contributed by atoms with Crippen LogP contribution in [0.4, 0.5) is 0 Å². The Kier molecular flexibility index (Phi) is 9.91. The fourth-order valence-corrected chi connectivity index (χ4v) is 15.1. The molecule has 1 atom stereocenters. The van der Waals surface area contributed by atoms with Gasteiger partial charge in [0.05, 0.1) is 18.6 Å². The molecule has 6 rings (SSSR count). The number of hydrogen-bond donors (Lipinski definition) is 1. The van der Waals surface area contributed by atoms with E-state index in [-0.39, 0.29) is 5.66 Å². The average molecular weight is 586 g/mol. The molecule has 220 valence electrons. The zero-order chi connectivity index (χ0) is 29.3. The zero-order valence-electron chi connectivity index (χ0n) is 25.4. The first-order valence-electron chi connectivity index (χ1n) is 16.5. The molecule has 0 bridgehead atoms. The molecule has 0 unspecified atom stereocenters. The molecule has 2 saturated carbocycles. The fourth-order valence-electron chi connectivity index (χ4n) is 8.02. The minimum Gasteiger partial charge on any atom is -0.507 e. The maximum absolute atomic E-state index is 11.9. The molecule has 2 aliphatic rings. The molecule has 0 aromatic heterocycles. The van der Waals surface area contributed by atoms with E-state index in [9.17, 15) is 5.11 Å². The van der Waals surface area contributed by atoms with Gasteiger partial charge in [-0.25, -0.2) is 0 Å². The van der Waals surface area contributed by atoms with Crippen LogP contribution in [-0.4, -0.2) is 16.4 Å². The van der Waals surface area contributed by atoms with Crippen molar-refractivity contribution in [2.45, 2.75) is 81.2 Å². The second kappa shape index (κ2) is 14.4. The highest BCUT2D eigenvalue weighted by Crippen LogP contribution is 2.87. The third-order valence-corrected chi connectivity index (χ3v) is 16.0. The Morgan fingerprint density at radius 1 is 0.558 bits per heavy atom. The molecule has 0 spiro atoms. The smallest absolute Gasteiger partial charge is 0.123 e. The molecule has 4 aromatic carbocycles. The van der Waals surface area contributed by atoms with E-state index < -0.39 is 7.26 Å². The first-order chi connectivity index (χ1) is 21.3. The maximum Gasteiger partial charge on any atom is 0.123 e. The van der Waals surface area contributed by atoms with E-state index in [0.717, 1.165) is 5.56 Å². The molecular formula is C41H46OP+. The number of benzene rings is 4. The van der Waals surface area contributed by atoms with Crippen molar-refractivity contribution in [2.75, 3.05) is 0 Å². The van der Waals surface area contributed by atoms with Gasteiger partial charge in [-0.1, -0.05) is 134 Å². The van der Waals surface area contributed by atoms with Crippen LogP contribution in [0.1, 0.15) is 92.1 Å². The summed E-state index contributed by atoms with van der Waals surface area (Å²) in [6, 6.07) is 43.7. The van der Waals surface area contributed by atoms with Crippen LogP contribution in [0.25, 0.3) is 17.1 Å². The van der Waals surface area contributed by atoms with Crippen LogP contribution >= 0.6 is 7.26 Å². The summed E-state index contributed by atoms with van der Waals surface area (Å²) < 4.78 is 0. The quantitative estimate of drug-likeness (QED) is 0.118. The second-order valence-electron chi connectivity index (χ2n) is 12.5. The molecule has 1 N–H and O–H groups in total. The molecule has 0 saturated heterocycles. The summed E-state index contributed by atoms with van der Waals surface area (Å²) in [6.07, 6.45) is 17.9. The van der Waals surface area contributed by atoms with Gasteiger partial charge in [-0.15, -0.1) is 0 Å². The van der Waals surface area contributed by atoms with Crippen molar-refractivity contribution in [3.8, 4) is 0 Å². The Labute approximate surface area is 259 Å². The van der Waals surface area contributed by atoms with Gasteiger partial charge in [0.25, 0.3) is 0 Å². The summed E-state index contributed by atoms with van der Waals surface area (Å²) in [6.45, 7) is 0. The maximum atomic E-state index is 11.9. The zero-order valence-corrected chi connectivity index (χ0v) is 26.3. The van der Waals surface area contributed by atoms with Gasteiger partial charge in [-0.3, -0.25) is 0 Å². The van der Waals surface area contributed by atoms with E-state index in [0.29, 0.717) is 17.1 Å². The molecule has 0 heterocycles. The van der Waals surface area contributed by atoms with Crippen molar-refractivity contribution in [2.24, 2.45) is 0 Å². The van der Waals surface area contributed by atoms with Crippen molar-refractivity contribution in [3.05, 3.63) is 150 Å². The third-order valence-electron chi connectivity index (χ3n) is 9.93. The monoisotopic (exact) mass is 585 g/mol. The lowest BCUT2D eigenvalue weighted by Gasteiger charge is -2.48. The molecule has 2 fully saturated rings. The standard InChI is InChI=1S/C41H45OP/c42-39(34-21-9-2-10-22-34)32-41(36-25-13-4-14-26-36)43(37-27-15-5-16-28-37,38-29-17-6-18-30-38)40(35-23-11-3-12-24-35)31-33-19-7-1-8-20-33/h1-4,7-14,19-26,31-32,37-38,41H,5-6,15-18,27-30H2/p+1/b39-32-,40-31?/t41-/m1/s1. The van der Waals surface area contributed by atoms with Gasteiger partial charge >= 0.3 is 0 Å². The molecule has 0 aliphatic heterocycles. The SMILES string of the molecule is O/C(=C\[C@H](c1ccccc1)[P+](C(=Cc1ccccc1)c1ccccc1)(C1CCCCC1)C1CCCCC1)c1ccccc1. The average Bonchev–Trinajstić information content (AvgIpc) is 3.10. The second-order valence-corrected chi connectivity index (χ2v) is 16.7. The van der Waals surface area contributed by atoms with Crippen LogP contribution in [0, 0.1) is 0 Å². The Hall–Kier alpha value is -3.41. The van der Waals surface area contributed by atoms with Crippen LogP contribution in [-0.2, 0) is 0 Å². The lowest BCUT2D eigenvalue weighted by Crippen LogP contribution is -2.32. The molecule has 0 amide bonds. The highest BCUT2D eigenvalue weighted by atomic mass is 31.2. The van der Waals surface area contributed by atoms with E-state index in [2.05, 4.69) is 103 Å². The Balaban J connectivity index is 1.69. The van der Waals surface area contributed by atoms with Crippen LogP contribution in [0.5, 0.6) is 0 Å². The van der Waals surface area contributed by atoms with Gasteiger partial charge in [0.15, 0.2) is 0 Å². The Morgan fingerprint density at radius 2 is 1.00 bits per heavy atom. The van der Waals surface area contributed by atoms with E-state index in [1.165, 1.54) is 80.9 Å². The fraction of sp³-hybridized carbons (Fsp3) is 0.317. The van der Waals surface area contributed by atoms with Crippen LogP contribution in [0.2, 0.25) is 0 Å². The van der Waals surface area contributed by atoms with Gasteiger partial charge in [0.1, 0.15) is 16.7 Å². The van der Waals surface area contributed by atoms with Gasteiger partial charge < -0.3 is 5.11 Å². The van der Waals surface area contributed by atoms with E-state index in [1.807, 2.05) is 30.3 Å². The number of aliphatic hydroxyl groups excluding tert-OH is 1. The first kappa shape index (κ1) is 29.7. The largest absolute Gasteiger partial charge is 0.507 e. The van der Waals surface area contributed by atoms with Crippen molar-refractivity contribution in [1.29, 1.82) is 0 Å². The van der Waals surface area contributed by atoms with Crippen molar-refractivity contribution in [3.63, 3.8) is 0 Å². The highest BCUT2D eigenvalue weighted by Gasteiger charge is 2.60. The van der Waals surface area contributed by atoms with E-state index in [4.69, 9.17) is 0 Å². The van der Waals surface area contributed by atoms with Crippen molar-refractivity contribution < 1.29 is 5.11 Å². The molecule has 2 heteroatoms. The van der Waals surface area contributed by atoms with Gasteiger partial charge in [0, 0.05) is 17.2 Å². The topological polar surface area (TPSA) is 20.2 Å². The first-order valence-corrected chi connectivity index (χ1v) is 18.5. The minimum atomic E-state index is -2.03. The van der Waals surface area contributed by atoms with Crippen LogP contribution in [0.15, 0.2) is 127 Å². The van der Waals surface area contributed by atoms with E-state index >= 15 is 0 Å². The minimum absolute atomic E-state index is 0.135. The molecule has 4 aromatic rings. The number of aliphatic hydroxyl groups is 1. The predicted octanol–water partition coefficient (Wildman–Crippen LogP) is 12.2. The summed E-state index contributed by atoms with van der Waals surface area (Å²) in [5.41, 5.74) is 6.29. The molecule has 1 nitrogen and oxygen atoms in total. The Morgan fingerprint density at radius 3 is 1.51 bits per heavy atom. The summed E-state index contributed by atoms with van der Waals surface area (Å²) in [5, 5.41) is 13.5. The van der Waals surface area contributed by atoms with Crippen LogP contribution < -0.4 is 0 Å². The number of hydrogen-bond acceptors (Lipinski definition) is 1. The number of allylic oxidation sites excluding steroid dienone is 1. The third kappa shape index (κ3) is 6.58. The number of rotatable bonds is 9. The Bertz CT molecular complexity index is 1450. The summed E-state index contributed by atoms with van der Waals surface area (Å²) in [5.74, 6) is 0.414. The molecule has 43 heavy (non-hydrogen) atoms. The van der Waals surface area contributed by atoms with Crippen molar-refractivity contribution >= 4 is 24.4 Å². The summed E-state index contributed by atoms with van der Waals surface area (Å²) in [7, 11) is -2.03. The lowest BCUT2D eigenvalue weighted by molar-refractivity contribution is 0.478. The van der Waals surface area contributed by atoms with Gasteiger partial charge in [-0.05, 0) is 68.6 Å². The molecule has 0 radical (unpaired) electrons. The predicted molar refractivity (Wildman–Crippen MR) is 188 cm³/mol. The normalized spacial score (nSPS) is 18.3. The molecule has 2 aliphatic carbocycles. The van der Waals surface area contributed by atoms with Crippen LogP contribution in [0.3, 0.4) is 0 Å². The lowest BCUT2D eigenvalue weighted by atomic mass is 9.99.